The molecule has 1 unspecified atom stereocenters. The standard InChI is InChI=1S/C12H16N2O.C2H6/c1-10-9-14(8-7-13-10)12(15)11-5-3-2-4-6-11;1-2/h2-6,10,13H,7-9H2,1H3;1-2H3. The zero-order chi connectivity index (χ0) is 12.7. The van der Waals surface area contributed by atoms with Crippen molar-refractivity contribution in [2.45, 2.75) is 26.8 Å². The van der Waals surface area contributed by atoms with E-state index in [-0.39, 0.29) is 5.91 Å². The van der Waals surface area contributed by atoms with Gasteiger partial charge in [-0.15, -0.1) is 0 Å². The fourth-order valence-corrected chi connectivity index (χ4v) is 1.88. The molecule has 1 fully saturated rings. The number of carbonyl (C=O) groups excluding carboxylic acids is 1. The minimum atomic E-state index is 0.143. The maximum absolute atomic E-state index is 12.0. The average Bonchev–Trinajstić information content (AvgIpc) is 2.41. The van der Waals surface area contributed by atoms with Crippen LogP contribution in [0.15, 0.2) is 30.3 Å². The minimum Gasteiger partial charge on any atom is -0.336 e. The monoisotopic (exact) mass is 234 g/mol. The van der Waals surface area contributed by atoms with Crippen LogP contribution < -0.4 is 5.32 Å². The molecule has 1 aromatic rings. The van der Waals surface area contributed by atoms with E-state index in [4.69, 9.17) is 0 Å². The van der Waals surface area contributed by atoms with E-state index in [0.717, 1.165) is 25.2 Å². The Bertz CT molecular complexity index is 337. The molecular formula is C14H22N2O. The predicted octanol–water partition coefficient (Wildman–Crippen LogP) is 2.15. The molecule has 0 aromatic heterocycles. The minimum absolute atomic E-state index is 0.143. The highest BCUT2D eigenvalue weighted by atomic mass is 16.2. The molecule has 94 valence electrons. The van der Waals surface area contributed by atoms with E-state index in [1.807, 2.05) is 49.1 Å². The second kappa shape index (κ2) is 7.07. The van der Waals surface area contributed by atoms with Gasteiger partial charge in [-0.3, -0.25) is 4.79 Å². The van der Waals surface area contributed by atoms with E-state index < -0.39 is 0 Å². The Morgan fingerprint density at radius 3 is 2.53 bits per heavy atom. The van der Waals surface area contributed by atoms with E-state index in [1.54, 1.807) is 0 Å². The van der Waals surface area contributed by atoms with Crippen molar-refractivity contribution in [1.82, 2.24) is 10.2 Å². The van der Waals surface area contributed by atoms with Gasteiger partial charge in [0.25, 0.3) is 5.91 Å². The second-order valence-electron chi connectivity index (χ2n) is 3.97. The Kier molecular flexibility index (Phi) is 5.70. The molecule has 1 aliphatic rings. The number of nitrogens with zero attached hydrogens (tertiary/aromatic N) is 1. The number of rotatable bonds is 1. The molecule has 1 aliphatic heterocycles. The van der Waals surface area contributed by atoms with Crippen molar-refractivity contribution in [3.05, 3.63) is 35.9 Å². The zero-order valence-corrected chi connectivity index (χ0v) is 10.9. The van der Waals surface area contributed by atoms with E-state index in [2.05, 4.69) is 12.2 Å². The van der Waals surface area contributed by atoms with Gasteiger partial charge in [0.15, 0.2) is 0 Å². The molecule has 1 atom stereocenters. The number of piperazine rings is 1. The van der Waals surface area contributed by atoms with Gasteiger partial charge in [0, 0.05) is 31.2 Å². The maximum atomic E-state index is 12.0. The molecule has 1 amide bonds. The molecule has 1 N–H and O–H groups in total. The molecule has 0 radical (unpaired) electrons. The van der Waals surface area contributed by atoms with Crippen LogP contribution in [0.4, 0.5) is 0 Å². The molecule has 0 spiro atoms. The lowest BCUT2D eigenvalue weighted by molar-refractivity contribution is 0.0709. The molecule has 0 aliphatic carbocycles. The van der Waals surface area contributed by atoms with Crippen LogP contribution in [0.3, 0.4) is 0 Å². The first-order valence-corrected chi connectivity index (χ1v) is 6.35. The Hall–Kier alpha value is -1.35. The summed E-state index contributed by atoms with van der Waals surface area (Å²) in [5.74, 6) is 0.143. The molecule has 17 heavy (non-hydrogen) atoms. The van der Waals surface area contributed by atoms with Crippen LogP contribution in [0.1, 0.15) is 31.1 Å². The lowest BCUT2D eigenvalue weighted by Gasteiger charge is -2.31. The van der Waals surface area contributed by atoms with Gasteiger partial charge in [-0.25, -0.2) is 0 Å². The van der Waals surface area contributed by atoms with Crippen LogP contribution in [0.2, 0.25) is 0 Å². The molecule has 1 saturated heterocycles. The predicted molar refractivity (Wildman–Crippen MR) is 71.2 cm³/mol. The van der Waals surface area contributed by atoms with E-state index in [1.165, 1.54) is 0 Å². The Labute approximate surface area is 104 Å². The van der Waals surface area contributed by atoms with Crippen molar-refractivity contribution in [2.24, 2.45) is 0 Å². The number of hydrogen-bond donors (Lipinski definition) is 1. The van der Waals surface area contributed by atoms with Crippen molar-refractivity contribution in [2.75, 3.05) is 19.6 Å². The van der Waals surface area contributed by atoms with Gasteiger partial charge in [0.2, 0.25) is 0 Å². The third kappa shape index (κ3) is 3.86. The van der Waals surface area contributed by atoms with Gasteiger partial charge >= 0.3 is 0 Å². The summed E-state index contributed by atoms with van der Waals surface area (Å²) < 4.78 is 0. The van der Waals surface area contributed by atoms with Gasteiger partial charge in [-0.1, -0.05) is 32.0 Å². The Morgan fingerprint density at radius 2 is 1.94 bits per heavy atom. The quantitative estimate of drug-likeness (QED) is 0.807. The van der Waals surface area contributed by atoms with Crippen LogP contribution in [-0.4, -0.2) is 36.5 Å². The Balaban J connectivity index is 0.000000686. The summed E-state index contributed by atoms with van der Waals surface area (Å²) in [4.78, 5) is 14.0. The summed E-state index contributed by atoms with van der Waals surface area (Å²) in [6, 6.07) is 9.87. The third-order valence-electron chi connectivity index (χ3n) is 2.68. The first-order valence-electron chi connectivity index (χ1n) is 6.35. The highest BCUT2D eigenvalue weighted by Gasteiger charge is 2.20. The van der Waals surface area contributed by atoms with Crippen molar-refractivity contribution in [3.8, 4) is 0 Å². The van der Waals surface area contributed by atoms with Gasteiger partial charge in [-0.05, 0) is 19.1 Å². The van der Waals surface area contributed by atoms with Crippen LogP contribution in [0.25, 0.3) is 0 Å². The highest BCUT2D eigenvalue weighted by Crippen LogP contribution is 2.07. The second-order valence-corrected chi connectivity index (χ2v) is 3.97. The molecular weight excluding hydrogens is 212 g/mol. The number of carbonyl (C=O) groups is 1. The molecule has 0 saturated carbocycles. The van der Waals surface area contributed by atoms with Crippen LogP contribution >= 0.6 is 0 Å². The number of hydrogen-bond acceptors (Lipinski definition) is 2. The van der Waals surface area contributed by atoms with Crippen LogP contribution in [-0.2, 0) is 0 Å². The summed E-state index contributed by atoms with van der Waals surface area (Å²) >= 11 is 0. The van der Waals surface area contributed by atoms with Crippen LogP contribution in [0.5, 0.6) is 0 Å². The third-order valence-corrected chi connectivity index (χ3v) is 2.68. The fraction of sp³-hybridized carbons (Fsp3) is 0.500. The van der Waals surface area contributed by atoms with E-state index in [0.29, 0.717) is 6.04 Å². The van der Waals surface area contributed by atoms with Crippen LogP contribution in [0, 0.1) is 0 Å². The summed E-state index contributed by atoms with van der Waals surface area (Å²) in [7, 11) is 0. The molecule has 3 heteroatoms. The van der Waals surface area contributed by atoms with Crippen molar-refractivity contribution >= 4 is 5.91 Å². The van der Waals surface area contributed by atoms with Crippen molar-refractivity contribution < 1.29 is 4.79 Å². The first-order chi connectivity index (χ1) is 8.27. The maximum Gasteiger partial charge on any atom is 0.253 e. The molecule has 2 rings (SSSR count). The van der Waals surface area contributed by atoms with Gasteiger partial charge < -0.3 is 10.2 Å². The summed E-state index contributed by atoms with van der Waals surface area (Å²) in [6.07, 6.45) is 0. The summed E-state index contributed by atoms with van der Waals surface area (Å²) in [5.41, 5.74) is 0.784. The normalized spacial score (nSPS) is 19.2. The fourth-order valence-electron chi connectivity index (χ4n) is 1.88. The summed E-state index contributed by atoms with van der Waals surface area (Å²) in [5, 5.41) is 3.32. The SMILES string of the molecule is CC.CC1CN(C(=O)c2ccccc2)CCN1. The highest BCUT2D eigenvalue weighted by molar-refractivity contribution is 5.94. The van der Waals surface area contributed by atoms with Gasteiger partial charge in [0.1, 0.15) is 0 Å². The van der Waals surface area contributed by atoms with Crippen molar-refractivity contribution in [1.29, 1.82) is 0 Å². The largest absolute Gasteiger partial charge is 0.336 e. The molecule has 3 nitrogen and oxygen atoms in total. The van der Waals surface area contributed by atoms with E-state index in [9.17, 15) is 4.79 Å². The molecule has 0 bridgehead atoms. The average molecular weight is 234 g/mol. The number of nitrogens with one attached hydrogen (secondary N) is 1. The van der Waals surface area contributed by atoms with Gasteiger partial charge in [-0.2, -0.15) is 0 Å². The van der Waals surface area contributed by atoms with E-state index >= 15 is 0 Å². The topological polar surface area (TPSA) is 32.3 Å². The number of amides is 1. The van der Waals surface area contributed by atoms with Crippen molar-refractivity contribution in [3.63, 3.8) is 0 Å². The smallest absolute Gasteiger partial charge is 0.253 e. The van der Waals surface area contributed by atoms with Gasteiger partial charge in [0.05, 0.1) is 0 Å². The number of benzene rings is 1. The first kappa shape index (κ1) is 13.7. The lowest BCUT2D eigenvalue weighted by Crippen LogP contribution is -2.51. The molecule has 1 heterocycles. The molecule has 1 aromatic carbocycles. The zero-order valence-electron chi connectivity index (χ0n) is 10.9. The lowest BCUT2D eigenvalue weighted by atomic mass is 10.1. The Morgan fingerprint density at radius 1 is 1.29 bits per heavy atom. The summed E-state index contributed by atoms with van der Waals surface area (Å²) in [6.45, 7) is 8.59.